The average Bonchev–Trinajstić information content (AvgIpc) is 2.72. The van der Waals surface area contributed by atoms with Crippen LogP contribution in [0.1, 0.15) is 18.9 Å². The molecular formula is C18H21NO2. The van der Waals surface area contributed by atoms with E-state index in [1.165, 1.54) is 11.3 Å². The summed E-state index contributed by atoms with van der Waals surface area (Å²) in [4.78, 5) is 2.43. The molecule has 0 saturated carbocycles. The molecule has 1 aliphatic heterocycles. The normalized spacial score (nSPS) is 15.8. The van der Waals surface area contributed by atoms with Crippen molar-refractivity contribution in [2.24, 2.45) is 0 Å². The number of phenols is 1. The Labute approximate surface area is 125 Å². The zero-order valence-corrected chi connectivity index (χ0v) is 12.3. The quantitative estimate of drug-likeness (QED) is 0.934. The molecule has 1 atom stereocenters. The van der Waals surface area contributed by atoms with Crippen molar-refractivity contribution >= 4 is 5.69 Å². The fraction of sp³-hybridized carbons (Fsp3) is 0.333. The fourth-order valence-corrected chi connectivity index (χ4v) is 2.90. The van der Waals surface area contributed by atoms with Gasteiger partial charge >= 0.3 is 0 Å². The Morgan fingerprint density at radius 1 is 1.14 bits per heavy atom. The Morgan fingerprint density at radius 3 is 2.71 bits per heavy atom. The largest absolute Gasteiger partial charge is 0.508 e. The summed E-state index contributed by atoms with van der Waals surface area (Å²) >= 11 is 0. The lowest BCUT2D eigenvalue weighted by Crippen LogP contribution is -2.35. The minimum Gasteiger partial charge on any atom is -0.508 e. The third kappa shape index (κ3) is 3.13. The maximum absolute atomic E-state index is 9.38. The number of hydrogen-bond donors (Lipinski definition) is 1. The number of aromatic hydroxyl groups is 1. The summed E-state index contributed by atoms with van der Waals surface area (Å²) in [7, 11) is 0. The Bertz CT molecular complexity index is 594. The molecule has 0 amide bonds. The molecule has 1 aliphatic rings. The van der Waals surface area contributed by atoms with E-state index in [0.717, 1.165) is 31.7 Å². The van der Waals surface area contributed by atoms with Gasteiger partial charge in [-0.2, -0.15) is 0 Å². The van der Waals surface area contributed by atoms with Crippen LogP contribution in [0, 0.1) is 0 Å². The van der Waals surface area contributed by atoms with E-state index >= 15 is 0 Å². The number of nitrogens with zero attached hydrogens (tertiary/aromatic N) is 1. The van der Waals surface area contributed by atoms with Gasteiger partial charge in [0.25, 0.3) is 0 Å². The number of ether oxygens (including phenoxy) is 1. The van der Waals surface area contributed by atoms with Crippen LogP contribution in [0.15, 0.2) is 48.5 Å². The molecular weight excluding hydrogens is 262 g/mol. The highest BCUT2D eigenvalue weighted by atomic mass is 16.5. The summed E-state index contributed by atoms with van der Waals surface area (Å²) in [6.07, 6.45) is 1.99. The number of phenolic OH excluding ortho intramolecular Hbond substituents is 1. The number of anilines is 1. The van der Waals surface area contributed by atoms with Gasteiger partial charge in [-0.1, -0.05) is 24.3 Å². The third-order valence-electron chi connectivity index (χ3n) is 3.98. The summed E-state index contributed by atoms with van der Waals surface area (Å²) in [5.41, 5.74) is 2.42. The summed E-state index contributed by atoms with van der Waals surface area (Å²) in [6.45, 7) is 4.03. The van der Waals surface area contributed by atoms with Crippen LogP contribution in [0.3, 0.4) is 0 Å². The lowest BCUT2D eigenvalue weighted by Gasteiger charge is -2.30. The zero-order chi connectivity index (χ0) is 14.7. The first-order chi connectivity index (χ1) is 10.2. The summed E-state index contributed by atoms with van der Waals surface area (Å²) in [5.74, 6) is 1.30. The highest BCUT2D eigenvalue weighted by molar-refractivity contribution is 5.59. The van der Waals surface area contributed by atoms with Gasteiger partial charge in [0.2, 0.25) is 0 Å². The number of rotatable bonds is 3. The third-order valence-corrected chi connectivity index (χ3v) is 3.98. The van der Waals surface area contributed by atoms with Crippen LogP contribution < -0.4 is 9.64 Å². The molecule has 2 aromatic carbocycles. The Balaban J connectivity index is 1.80. The molecule has 3 heteroatoms. The van der Waals surface area contributed by atoms with E-state index in [1.807, 2.05) is 24.3 Å². The van der Waals surface area contributed by atoms with Crippen molar-refractivity contribution in [2.45, 2.75) is 25.8 Å². The second-order valence-electron chi connectivity index (χ2n) is 5.58. The van der Waals surface area contributed by atoms with Crippen molar-refractivity contribution in [1.82, 2.24) is 0 Å². The molecule has 110 valence electrons. The molecule has 0 fully saturated rings. The molecule has 1 unspecified atom stereocenters. The molecule has 1 heterocycles. The number of fused-ring (bicyclic) bond motifs is 1. The van der Waals surface area contributed by atoms with Crippen molar-refractivity contribution in [3.63, 3.8) is 0 Å². The second-order valence-corrected chi connectivity index (χ2v) is 5.58. The van der Waals surface area contributed by atoms with E-state index < -0.39 is 0 Å². The van der Waals surface area contributed by atoms with Crippen LogP contribution in [0.2, 0.25) is 0 Å². The Hall–Kier alpha value is -2.16. The fourth-order valence-electron chi connectivity index (χ4n) is 2.90. The number of para-hydroxylation sites is 2. The van der Waals surface area contributed by atoms with E-state index in [2.05, 4.69) is 24.0 Å². The average molecular weight is 283 g/mol. The van der Waals surface area contributed by atoms with Crippen molar-refractivity contribution in [3.8, 4) is 11.5 Å². The minimum absolute atomic E-state index is 0.319. The van der Waals surface area contributed by atoms with E-state index in [-0.39, 0.29) is 0 Å². The van der Waals surface area contributed by atoms with Gasteiger partial charge < -0.3 is 14.7 Å². The van der Waals surface area contributed by atoms with Crippen molar-refractivity contribution in [2.75, 3.05) is 18.1 Å². The molecule has 0 aromatic heterocycles. The van der Waals surface area contributed by atoms with Crippen molar-refractivity contribution in [3.05, 3.63) is 54.1 Å². The molecule has 3 rings (SSSR count). The first-order valence-corrected chi connectivity index (χ1v) is 7.50. The monoisotopic (exact) mass is 283 g/mol. The first-order valence-electron chi connectivity index (χ1n) is 7.50. The topological polar surface area (TPSA) is 32.7 Å². The SMILES string of the molecule is CC(Cc1ccc(O)cc1)N1CCCOc2ccccc21. The molecule has 1 N–H and O–H groups in total. The van der Waals surface area contributed by atoms with Gasteiger partial charge in [0.15, 0.2) is 0 Å². The van der Waals surface area contributed by atoms with Gasteiger partial charge in [0.1, 0.15) is 11.5 Å². The smallest absolute Gasteiger partial charge is 0.142 e. The predicted molar refractivity (Wildman–Crippen MR) is 85.2 cm³/mol. The molecule has 0 spiro atoms. The predicted octanol–water partition coefficient (Wildman–Crippen LogP) is 3.61. The van der Waals surface area contributed by atoms with Gasteiger partial charge in [-0.15, -0.1) is 0 Å². The molecule has 0 aliphatic carbocycles. The lowest BCUT2D eigenvalue weighted by atomic mass is 10.0. The van der Waals surface area contributed by atoms with E-state index in [9.17, 15) is 5.11 Å². The van der Waals surface area contributed by atoms with Gasteiger partial charge in [-0.25, -0.2) is 0 Å². The maximum atomic E-state index is 9.38. The highest BCUT2D eigenvalue weighted by Crippen LogP contribution is 2.32. The molecule has 21 heavy (non-hydrogen) atoms. The second kappa shape index (κ2) is 6.08. The van der Waals surface area contributed by atoms with Gasteiger partial charge in [-0.05, 0) is 49.6 Å². The Kier molecular flexibility index (Phi) is 4.00. The highest BCUT2D eigenvalue weighted by Gasteiger charge is 2.20. The van der Waals surface area contributed by atoms with Gasteiger partial charge in [-0.3, -0.25) is 0 Å². The van der Waals surface area contributed by atoms with Crippen LogP contribution in [0.4, 0.5) is 5.69 Å². The van der Waals surface area contributed by atoms with Gasteiger partial charge in [0.05, 0.1) is 12.3 Å². The zero-order valence-electron chi connectivity index (χ0n) is 12.3. The summed E-state index contributed by atoms with van der Waals surface area (Å²) < 4.78 is 5.82. The van der Waals surface area contributed by atoms with Crippen LogP contribution in [-0.2, 0) is 6.42 Å². The molecule has 0 radical (unpaired) electrons. The summed E-state index contributed by atoms with van der Waals surface area (Å²) in [6, 6.07) is 16.1. The van der Waals surface area contributed by atoms with E-state index in [1.54, 1.807) is 12.1 Å². The van der Waals surface area contributed by atoms with Crippen molar-refractivity contribution in [1.29, 1.82) is 0 Å². The molecule has 0 saturated heterocycles. The molecule has 0 bridgehead atoms. The number of benzene rings is 2. The lowest BCUT2D eigenvalue weighted by molar-refractivity contribution is 0.322. The molecule has 3 nitrogen and oxygen atoms in total. The number of hydrogen-bond acceptors (Lipinski definition) is 3. The molecule has 2 aromatic rings. The van der Waals surface area contributed by atoms with Crippen LogP contribution >= 0.6 is 0 Å². The van der Waals surface area contributed by atoms with E-state index in [4.69, 9.17) is 4.74 Å². The van der Waals surface area contributed by atoms with E-state index in [0.29, 0.717) is 11.8 Å². The Morgan fingerprint density at radius 2 is 1.90 bits per heavy atom. The summed E-state index contributed by atoms with van der Waals surface area (Å²) in [5, 5.41) is 9.38. The van der Waals surface area contributed by atoms with Crippen LogP contribution in [0.5, 0.6) is 11.5 Å². The van der Waals surface area contributed by atoms with Crippen LogP contribution in [-0.4, -0.2) is 24.3 Å². The van der Waals surface area contributed by atoms with Crippen molar-refractivity contribution < 1.29 is 9.84 Å². The van der Waals surface area contributed by atoms with Crippen LogP contribution in [0.25, 0.3) is 0 Å². The maximum Gasteiger partial charge on any atom is 0.142 e. The first kappa shape index (κ1) is 13.8. The van der Waals surface area contributed by atoms with Gasteiger partial charge in [0, 0.05) is 12.6 Å². The minimum atomic E-state index is 0.319. The standard InChI is InChI=1S/C18H21NO2/c1-14(13-15-7-9-16(20)10-8-15)19-11-4-12-21-18-6-3-2-5-17(18)19/h2-3,5-10,14,20H,4,11-13H2,1H3.